The molecule has 0 radical (unpaired) electrons. The fourth-order valence-corrected chi connectivity index (χ4v) is 2.89. The van der Waals surface area contributed by atoms with Crippen molar-refractivity contribution in [2.24, 2.45) is 5.92 Å². The second-order valence-corrected chi connectivity index (χ2v) is 5.70. The van der Waals surface area contributed by atoms with E-state index >= 15 is 0 Å². The second-order valence-electron chi connectivity index (χ2n) is 5.70. The van der Waals surface area contributed by atoms with Crippen LogP contribution in [0.15, 0.2) is 24.4 Å². The first-order valence-corrected chi connectivity index (χ1v) is 8.16. The Morgan fingerprint density at radius 1 is 1.09 bits per heavy atom. The third kappa shape index (κ3) is 3.84. The van der Waals surface area contributed by atoms with Crippen LogP contribution in [0.2, 0.25) is 0 Å². The molecule has 0 atom stereocenters. The largest absolute Gasteiger partial charge is 0.341 e. The Balaban J connectivity index is 1.98. The zero-order valence-electron chi connectivity index (χ0n) is 13.5. The fourth-order valence-electron chi connectivity index (χ4n) is 2.89. The van der Waals surface area contributed by atoms with Crippen LogP contribution in [0.3, 0.4) is 0 Å². The highest BCUT2D eigenvalue weighted by Crippen LogP contribution is 2.15. The fraction of sp³-hybridized carbons (Fsp3) is 0.588. The highest BCUT2D eigenvalue weighted by atomic mass is 16.2. The number of nitrogens with zero attached hydrogens (tertiary/aromatic N) is 3. The molecular formula is C17H25N3O2. The molecule has 0 N–H and O–H groups in total. The Hall–Kier alpha value is -1.91. The van der Waals surface area contributed by atoms with Crippen LogP contribution in [0, 0.1) is 5.92 Å². The van der Waals surface area contributed by atoms with E-state index in [1.807, 2.05) is 15.9 Å². The average Bonchev–Trinajstić information content (AvgIpc) is 2.82. The van der Waals surface area contributed by atoms with Crippen LogP contribution in [-0.4, -0.2) is 52.8 Å². The van der Waals surface area contributed by atoms with E-state index < -0.39 is 0 Å². The highest BCUT2D eigenvalue weighted by molar-refractivity contribution is 5.92. The van der Waals surface area contributed by atoms with Gasteiger partial charge in [-0.1, -0.05) is 19.9 Å². The first kappa shape index (κ1) is 16.5. The molecule has 0 unspecified atom stereocenters. The van der Waals surface area contributed by atoms with Gasteiger partial charge in [0.25, 0.3) is 5.91 Å². The summed E-state index contributed by atoms with van der Waals surface area (Å²) in [5, 5.41) is 0. The highest BCUT2D eigenvalue weighted by Gasteiger charge is 2.26. The molecule has 5 nitrogen and oxygen atoms in total. The van der Waals surface area contributed by atoms with Crippen LogP contribution in [0.5, 0.6) is 0 Å². The van der Waals surface area contributed by atoms with Crippen molar-refractivity contribution >= 4 is 11.8 Å². The molecular weight excluding hydrogens is 278 g/mol. The molecule has 0 spiro atoms. The minimum atomic E-state index is -0.0440. The number of hydrogen-bond donors (Lipinski definition) is 0. The average molecular weight is 303 g/mol. The van der Waals surface area contributed by atoms with Crippen molar-refractivity contribution in [1.82, 2.24) is 14.8 Å². The van der Waals surface area contributed by atoms with E-state index in [-0.39, 0.29) is 17.7 Å². The number of rotatable bonds is 4. The molecule has 120 valence electrons. The van der Waals surface area contributed by atoms with Crippen molar-refractivity contribution in [2.75, 3.05) is 26.2 Å². The number of pyridine rings is 1. The van der Waals surface area contributed by atoms with Crippen LogP contribution >= 0.6 is 0 Å². The zero-order valence-corrected chi connectivity index (χ0v) is 13.5. The molecule has 22 heavy (non-hydrogen) atoms. The molecule has 0 bridgehead atoms. The Labute approximate surface area is 132 Å². The van der Waals surface area contributed by atoms with Gasteiger partial charge in [-0.3, -0.25) is 14.6 Å². The molecule has 2 rings (SSSR count). The number of carbonyl (C=O) groups excluding carboxylic acids is 2. The van der Waals surface area contributed by atoms with Crippen molar-refractivity contribution in [3.05, 3.63) is 30.1 Å². The molecule has 1 aromatic rings. The number of aromatic nitrogens is 1. The number of carbonyl (C=O) groups is 2. The van der Waals surface area contributed by atoms with Gasteiger partial charge in [-0.15, -0.1) is 0 Å². The molecule has 0 aliphatic carbocycles. The number of hydrogen-bond acceptors (Lipinski definition) is 3. The third-order valence-electron chi connectivity index (χ3n) is 4.31. The van der Waals surface area contributed by atoms with Crippen LogP contribution in [0.4, 0.5) is 0 Å². The predicted molar refractivity (Wildman–Crippen MR) is 85.4 cm³/mol. The topological polar surface area (TPSA) is 53.5 Å². The molecule has 1 aromatic heterocycles. The lowest BCUT2D eigenvalue weighted by Gasteiger charge is -2.25. The summed E-state index contributed by atoms with van der Waals surface area (Å²) in [7, 11) is 0. The van der Waals surface area contributed by atoms with Gasteiger partial charge in [0, 0.05) is 38.3 Å². The Morgan fingerprint density at radius 3 is 2.41 bits per heavy atom. The van der Waals surface area contributed by atoms with Gasteiger partial charge < -0.3 is 9.80 Å². The maximum atomic E-state index is 12.5. The summed E-state index contributed by atoms with van der Waals surface area (Å²) in [6, 6.07) is 5.36. The molecule has 1 saturated heterocycles. The van der Waals surface area contributed by atoms with E-state index in [2.05, 4.69) is 18.8 Å². The van der Waals surface area contributed by atoms with Crippen LogP contribution in [-0.2, 0) is 4.79 Å². The van der Waals surface area contributed by atoms with Crippen molar-refractivity contribution < 1.29 is 9.59 Å². The van der Waals surface area contributed by atoms with Crippen molar-refractivity contribution in [3.63, 3.8) is 0 Å². The Bertz CT molecular complexity index is 500. The molecule has 0 aromatic carbocycles. The first-order valence-electron chi connectivity index (χ1n) is 8.16. The van der Waals surface area contributed by atoms with Crippen molar-refractivity contribution in [1.29, 1.82) is 0 Å². The van der Waals surface area contributed by atoms with E-state index in [4.69, 9.17) is 0 Å². The van der Waals surface area contributed by atoms with E-state index in [9.17, 15) is 9.59 Å². The molecule has 2 amide bonds. The molecule has 1 aliphatic heterocycles. The lowest BCUT2D eigenvalue weighted by molar-refractivity contribution is -0.135. The quantitative estimate of drug-likeness (QED) is 0.857. The van der Waals surface area contributed by atoms with Gasteiger partial charge in [-0.2, -0.15) is 0 Å². The second kappa shape index (κ2) is 7.92. The summed E-state index contributed by atoms with van der Waals surface area (Å²) < 4.78 is 0. The molecule has 0 saturated carbocycles. The summed E-state index contributed by atoms with van der Waals surface area (Å²) >= 11 is 0. The monoisotopic (exact) mass is 303 g/mol. The van der Waals surface area contributed by atoms with Gasteiger partial charge in [-0.25, -0.2) is 0 Å². The summed E-state index contributed by atoms with van der Waals surface area (Å²) in [6.07, 6.45) is 4.21. The predicted octanol–water partition coefficient (Wildman–Crippen LogP) is 2.19. The van der Waals surface area contributed by atoms with Gasteiger partial charge in [0.15, 0.2) is 0 Å². The SMILES string of the molecule is CCC(CC)C(=O)N1CCCN(C(=O)c2ccccn2)CC1. The zero-order chi connectivity index (χ0) is 15.9. The van der Waals surface area contributed by atoms with Crippen LogP contribution in [0.25, 0.3) is 0 Å². The van der Waals surface area contributed by atoms with E-state index in [1.54, 1.807) is 18.3 Å². The maximum absolute atomic E-state index is 12.5. The summed E-state index contributed by atoms with van der Waals surface area (Å²) in [5.41, 5.74) is 0.474. The Kier molecular flexibility index (Phi) is 5.92. The lowest BCUT2D eigenvalue weighted by atomic mass is 10.0. The summed E-state index contributed by atoms with van der Waals surface area (Å²) in [4.78, 5) is 32.8. The van der Waals surface area contributed by atoms with E-state index in [0.29, 0.717) is 25.3 Å². The van der Waals surface area contributed by atoms with Gasteiger partial charge in [0.2, 0.25) is 5.91 Å². The first-order chi connectivity index (χ1) is 10.7. The van der Waals surface area contributed by atoms with Gasteiger partial charge >= 0.3 is 0 Å². The number of amides is 2. The third-order valence-corrected chi connectivity index (χ3v) is 4.31. The maximum Gasteiger partial charge on any atom is 0.272 e. The summed E-state index contributed by atoms with van der Waals surface area (Å²) in [6.45, 7) is 6.74. The Morgan fingerprint density at radius 2 is 1.77 bits per heavy atom. The minimum Gasteiger partial charge on any atom is -0.341 e. The van der Waals surface area contributed by atoms with Gasteiger partial charge in [0.05, 0.1) is 0 Å². The lowest BCUT2D eigenvalue weighted by Crippen LogP contribution is -2.40. The smallest absolute Gasteiger partial charge is 0.272 e. The molecule has 2 heterocycles. The summed E-state index contributed by atoms with van der Waals surface area (Å²) in [5.74, 6) is 0.299. The van der Waals surface area contributed by atoms with Gasteiger partial charge in [0.1, 0.15) is 5.69 Å². The minimum absolute atomic E-state index is 0.0440. The van der Waals surface area contributed by atoms with E-state index in [1.165, 1.54) is 0 Å². The molecule has 1 aliphatic rings. The van der Waals surface area contributed by atoms with E-state index in [0.717, 1.165) is 25.8 Å². The molecule has 5 heteroatoms. The van der Waals surface area contributed by atoms with Crippen molar-refractivity contribution in [3.8, 4) is 0 Å². The van der Waals surface area contributed by atoms with Crippen LogP contribution in [0.1, 0.15) is 43.6 Å². The molecule has 1 fully saturated rings. The van der Waals surface area contributed by atoms with Crippen LogP contribution < -0.4 is 0 Å². The van der Waals surface area contributed by atoms with Crippen molar-refractivity contribution in [2.45, 2.75) is 33.1 Å². The standard InChI is InChI=1S/C17H25N3O2/c1-3-14(4-2)16(21)19-10-7-11-20(13-12-19)17(22)15-8-5-6-9-18-15/h5-6,8-9,14H,3-4,7,10-13H2,1-2H3. The normalized spacial score (nSPS) is 15.8. The van der Waals surface area contributed by atoms with Gasteiger partial charge in [-0.05, 0) is 31.4 Å².